The summed E-state index contributed by atoms with van der Waals surface area (Å²) in [6.45, 7) is 0. The van der Waals surface area contributed by atoms with E-state index in [1.54, 1.807) is 0 Å². The maximum Gasteiger partial charge on any atom is 0.143 e. The Kier molecular flexibility index (Phi) is 5.57. The first kappa shape index (κ1) is 26.0. The SMILES string of the molecule is c1cc(-c2ccc3ccc4cccnc4c3n2)cc(-c2cc3c4cc(-c5cccc6ccccc56)ccc4oc3c3ccccc23)c1. The molecule has 0 amide bonds. The molecule has 3 nitrogen and oxygen atoms in total. The minimum atomic E-state index is 0.890. The summed E-state index contributed by atoms with van der Waals surface area (Å²) >= 11 is 0. The zero-order chi connectivity index (χ0) is 30.9. The van der Waals surface area contributed by atoms with Crippen molar-refractivity contribution in [2.45, 2.75) is 0 Å². The summed E-state index contributed by atoms with van der Waals surface area (Å²) in [5.74, 6) is 0. The predicted molar refractivity (Wildman–Crippen MR) is 196 cm³/mol. The predicted octanol–water partition coefficient (Wildman–Crippen LogP) is 12.0. The molecule has 10 aromatic rings. The van der Waals surface area contributed by atoms with Crippen LogP contribution in [0.3, 0.4) is 0 Å². The highest BCUT2D eigenvalue weighted by Crippen LogP contribution is 2.42. The monoisotopic (exact) mass is 598 g/mol. The Balaban J connectivity index is 1.17. The van der Waals surface area contributed by atoms with Gasteiger partial charge in [-0.15, -0.1) is 0 Å². The maximum atomic E-state index is 6.59. The Labute approximate surface area is 270 Å². The Morgan fingerprint density at radius 2 is 1.13 bits per heavy atom. The molecule has 0 unspecified atom stereocenters. The van der Waals surface area contributed by atoms with E-state index in [2.05, 4.69) is 151 Å². The zero-order valence-electron chi connectivity index (χ0n) is 25.3. The number of pyridine rings is 2. The summed E-state index contributed by atoms with van der Waals surface area (Å²) in [7, 11) is 0. The second-order valence-corrected chi connectivity index (χ2v) is 12.2. The fourth-order valence-electron chi connectivity index (χ4n) is 7.21. The van der Waals surface area contributed by atoms with Crippen LogP contribution in [0.4, 0.5) is 0 Å². The number of benzene rings is 7. The van der Waals surface area contributed by atoms with Gasteiger partial charge in [0.15, 0.2) is 0 Å². The zero-order valence-corrected chi connectivity index (χ0v) is 25.3. The highest BCUT2D eigenvalue weighted by Gasteiger charge is 2.17. The largest absolute Gasteiger partial charge is 0.455 e. The van der Waals surface area contributed by atoms with Crippen molar-refractivity contribution in [1.29, 1.82) is 0 Å². The summed E-state index contributed by atoms with van der Waals surface area (Å²) in [5, 5.41) is 9.15. The van der Waals surface area contributed by atoms with E-state index in [0.717, 1.165) is 71.3 Å². The molecule has 3 heteroatoms. The number of aromatic nitrogens is 2. The fraction of sp³-hybridized carbons (Fsp3) is 0. The van der Waals surface area contributed by atoms with Crippen LogP contribution in [-0.2, 0) is 0 Å². The second-order valence-electron chi connectivity index (χ2n) is 12.2. The summed E-state index contributed by atoms with van der Waals surface area (Å²) in [6.07, 6.45) is 1.84. The fourth-order valence-corrected chi connectivity index (χ4v) is 7.21. The van der Waals surface area contributed by atoms with Gasteiger partial charge in [0.2, 0.25) is 0 Å². The second kappa shape index (κ2) is 10.1. The van der Waals surface area contributed by atoms with E-state index in [4.69, 9.17) is 9.40 Å². The van der Waals surface area contributed by atoms with Crippen molar-refractivity contribution >= 4 is 65.3 Å². The smallest absolute Gasteiger partial charge is 0.143 e. The third kappa shape index (κ3) is 4.07. The van der Waals surface area contributed by atoms with Gasteiger partial charge in [-0.3, -0.25) is 4.98 Å². The average molecular weight is 599 g/mol. The molecule has 0 aliphatic carbocycles. The molecule has 0 radical (unpaired) electrons. The quantitative estimate of drug-likeness (QED) is 0.190. The molecule has 3 heterocycles. The van der Waals surface area contributed by atoms with Gasteiger partial charge in [-0.2, -0.15) is 0 Å². The number of hydrogen-bond acceptors (Lipinski definition) is 3. The topological polar surface area (TPSA) is 38.9 Å². The maximum absolute atomic E-state index is 6.59. The molecule has 3 aromatic heterocycles. The molecule has 7 aromatic carbocycles. The van der Waals surface area contributed by atoms with E-state index < -0.39 is 0 Å². The molecule has 0 fully saturated rings. The first-order valence-electron chi connectivity index (χ1n) is 15.9. The van der Waals surface area contributed by atoms with Crippen LogP contribution in [0.5, 0.6) is 0 Å². The van der Waals surface area contributed by atoms with E-state index in [0.29, 0.717) is 0 Å². The van der Waals surface area contributed by atoms with Crippen LogP contribution in [0.1, 0.15) is 0 Å². The van der Waals surface area contributed by atoms with Gasteiger partial charge in [0.05, 0.1) is 16.7 Å². The molecule has 0 aliphatic rings. The van der Waals surface area contributed by atoms with Crippen molar-refractivity contribution in [3.63, 3.8) is 0 Å². The van der Waals surface area contributed by atoms with Crippen LogP contribution < -0.4 is 0 Å². The Hall–Kier alpha value is -6.32. The van der Waals surface area contributed by atoms with E-state index >= 15 is 0 Å². The molecule has 0 spiro atoms. The van der Waals surface area contributed by atoms with Gasteiger partial charge in [0.1, 0.15) is 11.2 Å². The molecular formula is C44H26N2O. The van der Waals surface area contributed by atoms with Crippen LogP contribution in [0.15, 0.2) is 162 Å². The van der Waals surface area contributed by atoms with Crippen molar-refractivity contribution in [2.75, 3.05) is 0 Å². The van der Waals surface area contributed by atoms with Crippen LogP contribution in [0.25, 0.3) is 98.8 Å². The third-order valence-electron chi connectivity index (χ3n) is 9.48. The van der Waals surface area contributed by atoms with E-state index in [1.807, 2.05) is 12.3 Å². The van der Waals surface area contributed by atoms with Crippen LogP contribution in [-0.4, -0.2) is 9.97 Å². The van der Waals surface area contributed by atoms with Crippen molar-refractivity contribution in [2.24, 2.45) is 0 Å². The summed E-state index contributed by atoms with van der Waals surface area (Å²) in [6, 6.07) is 53.8. The normalized spacial score (nSPS) is 11.8. The van der Waals surface area contributed by atoms with Gasteiger partial charge in [-0.25, -0.2) is 4.98 Å². The Morgan fingerprint density at radius 1 is 0.404 bits per heavy atom. The minimum Gasteiger partial charge on any atom is -0.455 e. The lowest BCUT2D eigenvalue weighted by Crippen LogP contribution is -1.89. The summed E-state index contributed by atoms with van der Waals surface area (Å²) < 4.78 is 6.59. The molecule has 0 saturated heterocycles. The Bertz CT molecular complexity index is 2860. The highest BCUT2D eigenvalue weighted by molar-refractivity contribution is 6.20. The lowest BCUT2D eigenvalue weighted by molar-refractivity contribution is 0.673. The van der Waals surface area contributed by atoms with E-state index in [9.17, 15) is 0 Å². The molecule has 0 bridgehead atoms. The number of furan rings is 1. The molecule has 0 saturated carbocycles. The lowest BCUT2D eigenvalue weighted by Gasteiger charge is -2.11. The molecule has 0 N–H and O–H groups in total. The minimum absolute atomic E-state index is 0.890. The van der Waals surface area contributed by atoms with Gasteiger partial charge in [0.25, 0.3) is 0 Å². The molecule has 10 rings (SSSR count). The van der Waals surface area contributed by atoms with Gasteiger partial charge >= 0.3 is 0 Å². The van der Waals surface area contributed by atoms with Gasteiger partial charge in [0, 0.05) is 38.7 Å². The highest BCUT2D eigenvalue weighted by atomic mass is 16.3. The number of fused-ring (bicyclic) bond motifs is 9. The first-order valence-corrected chi connectivity index (χ1v) is 15.9. The van der Waals surface area contributed by atoms with Crippen molar-refractivity contribution in [1.82, 2.24) is 9.97 Å². The van der Waals surface area contributed by atoms with Crippen LogP contribution >= 0.6 is 0 Å². The number of hydrogen-bond donors (Lipinski definition) is 0. The Morgan fingerprint density at radius 3 is 2.06 bits per heavy atom. The van der Waals surface area contributed by atoms with Crippen LogP contribution in [0.2, 0.25) is 0 Å². The van der Waals surface area contributed by atoms with Crippen molar-refractivity contribution < 1.29 is 4.42 Å². The molecule has 218 valence electrons. The van der Waals surface area contributed by atoms with Gasteiger partial charge in [-0.05, 0) is 74.8 Å². The molecular weight excluding hydrogens is 572 g/mol. The molecule has 47 heavy (non-hydrogen) atoms. The van der Waals surface area contributed by atoms with Crippen molar-refractivity contribution in [3.05, 3.63) is 158 Å². The third-order valence-corrected chi connectivity index (χ3v) is 9.48. The summed E-state index contributed by atoms with van der Waals surface area (Å²) in [5.41, 5.74) is 10.4. The van der Waals surface area contributed by atoms with Gasteiger partial charge < -0.3 is 4.42 Å². The molecule has 0 atom stereocenters. The first-order chi connectivity index (χ1) is 23.3. The van der Waals surface area contributed by atoms with Crippen molar-refractivity contribution in [3.8, 4) is 33.5 Å². The number of rotatable bonds is 3. The lowest BCUT2D eigenvalue weighted by atomic mass is 9.93. The number of nitrogens with zero attached hydrogens (tertiary/aromatic N) is 2. The van der Waals surface area contributed by atoms with E-state index in [-0.39, 0.29) is 0 Å². The molecule has 0 aliphatic heterocycles. The standard InChI is InChI=1S/C44H26N2O/c1-2-13-33-27(8-1)9-6-16-34(33)31-20-22-41-38(25-31)39-26-37(35-14-3-4-15-36(35)44(39)47-41)30-10-5-11-32(24-30)40-21-19-29-18-17-28-12-7-23-45-42(28)43(29)46-40/h1-26H. The average Bonchev–Trinajstić information content (AvgIpc) is 3.52. The van der Waals surface area contributed by atoms with Crippen LogP contribution in [0, 0.1) is 0 Å². The van der Waals surface area contributed by atoms with E-state index in [1.165, 1.54) is 27.5 Å². The van der Waals surface area contributed by atoms with Gasteiger partial charge in [-0.1, -0.05) is 115 Å². The summed E-state index contributed by atoms with van der Waals surface area (Å²) in [4.78, 5) is 9.80.